The van der Waals surface area contributed by atoms with Crippen molar-refractivity contribution in [3.8, 4) is 0 Å². The minimum Gasteiger partial charge on any atom is -0.345 e. The predicted octanol–water partition coefficient (Wildman–Crippen LogP) is 1.61. The Bertz CT molecular complexity index is 733. The molecule has 0 radical (unpaired) electrons. The Kier molecular flexibility index (Phi) is 3.04. The maximum atomic E-state index is 12.5. The zero-order valence-corrected chi connectivity index (χ0v) is 11.6. The average Bonchev–Trinajstić information content (AvgIpc) is 2.40. The van der Waals surface area contributed by atoms with Crippen LogP contribution in [0.1, 0.15) is 32.1 Å². The van der Waals surface area contributed by atoms with Gasteiger partial charge in [0, 0.05) is 0 Å². The van der Waals surface area contributed by atoms with Gasteiger partial charge < -0.3 is 5.32 Å². The molecule has 20 heavy (non-hydrogen) atoms. The molecular formula is C15H17N3O2. The monoisotopic (exact) mass is 271 g/mol. The Morgan fingerprint density at radius 2 is 2.10 bits per heavy atom. The first-order chi connectivity index (χ1) is 9.56. The van der Waals surface area contributed by atoms with E-state index in [2.05, 4.69) is 24.1 Å². The summed E-state index contributed by atoms with van der Waals surface area (Å²) in [7, 11) is 0. The van der Waals surface area contributed by atoms with Crippen molar-refractivity contribution in [3.05, 3.63) is 40.4 Å². The molecule has 0 saturated carbocycles. The summed E-state index contributed by atoms with van der Waals surface area (Å²) in [5, 5.41) is 3.50. The highest BCUT2D eigenvalue weighted by molar-refractivity contribution is 5.80. The molecule has 1 aliphatic rings. The summed E-state index contributed by atoms with van der Waals surface area (Å²) in [6.07, 6.45) is 0.774. The van der Waals surface area contributed by atoms with Gasteiger partial charge in [-0.25, -0.2) is 4.98 Å². The fraction of sp³-hybridized carbons (Fsp3) is 0.400. The molecule has 0 fully saturated rings. The second-order valence-corrected chi connectivity index (χ2v) is 5.63. The molecule has 1 atom stereocenters. The summed E-state index contributed by atoms with van der Waals surface area (Å²) in [6.45, 7) is 4.23. The van der Waals surface area contributed by atoms with E-state index in [1.807, 2.05) is 18.2 Å². The van der Waals surface area contributed by atoms with Crippen LogP contribution in [0.5, 0.6) is 0 Å². The fourth-order valence-corrected chi connectivity index (χ4v) is 2.69. The number of amides is 1. The molecule has 1 unspecified atom stereocenters. The van der Waals surface area contributed by atoms with Crippen molar-refractivity contribution in [2.24, 2.45) is 5.92 Å². The van der Waals surface area contributed by atoms with Crippen LogP contribution in [0.3, 0.4) is 0 Å². The molecule has 1 aromatic carbocycles. The van der Waals surface area contributed by atoms with E-state index in [1.165, 1.54) is 4.57 Å². The van der Waals surface area contributed by atoms with Crippen molar-refractivity contribution in [2.75, 3.05) is 0 Å². The van der Waals surface area contributed by atoms with Crippen molar-refractivity contribution >= 4 is 16.8 Å². The Balaban J connectivity index is 2.22. The van der Waals surface area contributed by atoms with E-state index < -0.39 is 0 Å². The summed E-state index contributed by atoms with van der Waals surface area (Å²) in [5.74, 6) is 0.958. The van der Waals surface area contributed by atoms with E-state index in [9.17, 15) is 9.59 Å². The molecule has 5 heteroatoms. The Morgan fingerprint density at radius 1 is 1.35 bits per heavy atom. The van der Waals surface area contributed by atoms with E-state index >= 15 is 0 Å². The number of rotatable bonds is 2. The van der Waals surface area contributed by atoms with Gasteiger partial charge in [0.15, 0.2) is 0 Å². The lowest BCUT2D eigenvalue weighted by atomic mass is 10.0. The molecule has 1 aliphatic heterocycles. The van der Waals surface area contributed by atoms with E-state index in [4.69, 9.17) is 0 Å². The summed E-state index contributed by atoms with van der Waals surface area (Å²) in [5.41, 5.74) is 0.558. The first kappa shape index (κ1) is 12.8. The highest BCUT2D eigenvalue weighted by Gasteiger charge is 2.28. The minimum atomic E-state index is -0.187. The number of carbonyl (C=O) groups excluding carboxylic acids is 1. The van der Waals surface area contributed by atoms with Crippen molar-refractivity contribution < 1.29 is 4.79 Å². The zero-order chi connectivity index (χ0) is 14.3. The van der Waals surface area contributed by atoms with Crippen LogP contribution in [0.15, 0.2) is 29.1 Å². The lowest BCUT2D eigenvalue weighted by Crippen LogP contribution is -2.44. The molecule has 3 rings (SSSR count). The van der Waals surface area contributed by atoms with Gasteiger partial charge in [0.1, 0.15) is 12.4 Å². The molecule has 0 saturated heterocycles. The lowest BCUT2D eigenvalue weighted by Gasteiger charge is -2.28. The summed E-state index contributed by atoms with van der Waals surface area (Å²) < 4.78 is 1.51. The summed E-state index contributed by atoms with van der Waals surface area (Å²) in [4.78, 5) is 28.9. The van der Waals surface area contributed by atoms with Crippen LogP contribution >= 0.6 is 0 Å². The van der Waals surface area contributed by atoms with Crippen LogP contribution in [-0.2, 0) is 11.3 Å². The summed E-state index contributed by atoms with van der Waals surface area (Å²) >= 11 is 0. The standard InChI is InChI=1S/C15H17N3O2/c1-9(2)7-12-14-17-11-6-4-3-5-10(11)15(20)18(14)8-13(19)16-12/h3-6,9,12H,7-8H2,1-2H3,(H,16,19). The Morgan fingerprint density at radius 3 is 2.85 bits per heavy atom. The zero-order valence-electron chi connectivity index (χ0n) is 11.6. The number of nitrogens with zero attached hydrogens (tertiary/aromatic N) is 2. The van der Waals surface area contributed by atoms with Gasteiger partial charge >= 0.3 is 0 Å². The predicted molar refractivity (Wildman–Crippen MR) is 76.3 cm³/mol. The third kappa shape index (κ3) is 2.09. The smallest absolute Gasteiger partial charge is 0.261 e. The minimum absolute atomic E-state index is 0.0561. The summed E-state index contributed by atoms with van der Waals surface area (Å²) in [6, 6.07) is 7.08. The second-order valence-electron chi connectivity index (χ2n) is 5.63. The van der Waals surface area contributed by atoms with Crippen LogP contribution in [0.4, 0.5) is 0 Å². The quantitative estimate of drug-likeness (QED) is 0.902. The van der Waals surface area contributed by atoms with Gasteiger partial charge in [0.05, 0.1) is 16.9 Å². The van der Waals surface area contributed by atoms with Crippen molar-refractivity contribution in [1.29, 1.82) is 0 Å². The molecule has 2 heterocycles. The number of fused-ring (bicyclic) bond motifs is 2. The van der Waals surface area contributed by atoms with Gasteiger partial charge in [-0.1, -0.05) is 26.0 Å². The second kappa shape index (κ2) is 4.74. The normalized spacial score (nSPS) is 18.1. The van der Waals surface area contributed by atoms with E-state index in [0.29, 0.717) is 22.6 Å². The number of nitrogens with one attached hydrogen (secondary N) is 1. The third-order valence-corrected chi connectivity index (χ3v) is 3.55. The van der Waals surface area contributed by atoms with E-state index in [-0.39, 0.29) is 24.1 Å². The Labute approximate surface area is 116 Å². The van der Waals surface area contributed by atoms with Crippen LogP contribution < -0.4 is 10.9 Å². The van der Waals surface area contributed by atoms with Gasteiger partial charge in [-0.2, -0.15) is 0 Å². The molecule has 1 aromatic heterocycles. The fourth-order valence-electron chi connectivity index (χ4n) is 2.69. The van der Waals surface area contributed by atoms with Gasteiger partial charge in [-0.3, -0.25) is 14.2 Å². The third-order valence-electron chi connectivity index (χ3n) is 3.55. The molecule has 1 amide bonds. The largest absolute Gasteiger partial charge is 0.345 e. The van der Waals surface area contributed by atoms with Gasteiger partial charge in [-0.05, 0) is 24.5 Å². The maximum absolute atomic E-state index is 12.5. The Hall–Kier alpha value is -2.17. The molecule has 104 valence electrons. The van der Waals surface area contributed by atoms with Crippen LogP contribution in [0.25, 0.3) is 10.9 Å². The topological polar surface area (TPSA) is 64.0 Å². The number of benzene rings is 1. The van der Waals surface area contributed by atoms with Gasteiger partial charge in [-0.15, -0.1) is 0 Å². The van der Waals surface area contributed by atoms with Crippen molar-refractivity contribution in [1.82, 2.24) is 14.9 Å². The van der Waals surface area contributed by atoms with Crippen LogP contribution in [0, 0.1) is 5.92 Å². The van der Waals surface area contributed by atoms with E-state index in [0.717, 1.165) is 6.42 Å². The van der Waals surface area contributed by atoms with Crippen LogP contribution in [-0.4, -0.2) is 15.5 Å². The van der Waals surface area contributed by atoms with Crippen LogP contribution in [0.2, 0.25) is 0 Å². The first-order valence-corrected chi connectivity index (χ1v) is 6.85. The first-order valence-electron chi connectivity index (χ1n) is 6.85. The highest BCUT2D eigenvalue weighted by Crippen LogP contribution is 2.23. The molecule has 0 aliphatic carbocycles. The number of para-hydroxylation sites is 1. The highest BCUT2D eigenvalue weighted by atomic mass is 16.2. The molecule has 2 aromatic rings. The lowest BCUT2D eigenvalue weighted by molar-refractivity contribution is -0.123. The SMILES string of the molecule is CC(C)CC1NC(=O)Cn2c1nc1ccccc1c2=O. The molecule has 1 N–H and O–H groups in total. The average molecular weight is 271 g/mol. The maximum Gasteiger partial charge on any atom is 0.261 e. The van der Waals surface area contributed by atoms with E-state index in [1.54, 1.807) is 6.07 Å². The molecular weight excluding hydrogens is 254 g/mol. The number of hydrogen-bond donors (Lipinski definition) is 1. The van der Waals surface area contributed by atoms with Gasteiger partial charge in [0.2, 0.25) is 5.91 Å². The number of aromatic nitrogens is 2. The van der Waals surface area contributed by atoms with Crippen molar-refractivity contribution in [2.45, 2.75) is 32.9 Å². The molecule has 0 bridgehead atoms. The molecule has 0 spiro atoms. The number of hydrogen-bond acceptors (Lipinski definition) is 3. The number of carbonyl (C=O) groups is 1. The van der Waals surface area contributed by atoms with Crippen molar-refractivity contribution in [3.63, 3.8) is 0 Å². The molecule has 5 nitrogen and oxygen atoms in total. The van der Waals surface area contributed by atoms with Gasteiger partial charge in [0.25, 0.3) is 5.56 Å².